The van der Waals surface area contributed by atoms with Crippen molar-refractivity contribution in [1.82, 2.24) is 4.90 Å². The molecule has 2 unspecified atom stereocenters. The van der Waals surface area contributed by atoms with Crippen LogP contribution in [0.4, 0.5) is 0 Å². The Morgan fingerprint density at radius 3 is 2.75 bits per heavy atom. The lowest BCUT2D eigenvalue weighted by molar-refractivity contribution is -0.173. The number of nitrogens with zero attached hydrogens (tertiary/aromatic N) is 1. The van der Waals surface area contributed by atoms with Gasteiger partial charge in [-0.3, -0.25) is 4.79 Å². The van der Waals surface area contributed by atoms with Gasteiger partial charge in [-0.15, -0.1) is 11.3 Å². The summed E-state index contributed by atoms with van der Waals surface area (Å²) in [6.45, 7) is -0.176. The van der Waals surface area contributed by atoms with E-state index in [1.807, 2.05) is 0 Å². The predicted molar refractivity (Wildman–Crippen MR) is 77.0 cm³/mol. The third-order valence-corrected chi connectivity index (χ3v) is 5.95. The van der Waals surface area contributed by atoms with Crippen LogP contribution >= 0.6 is 38.9 Å². The Hall–Kier alpha value is -0.630. The van der Waals surface area contributed by atoms with E-state index in [1.165, 1.54) is 11.3 Å². The summed E-state index contributed by atoms with van der Waals surface area (Å²) in [5.74, 6) is -1.22. The first-order chi connectivity index (χ1) is 9.49. The number of aliphatic carboxylic acids is 1. The maximum Gasteiger partial charge on any atom is 0.335 e. The van der Waals surface area contributed by atoms with Gasteiger partial charge < -0.3 is 14.7 Å². The molecule has 0 spiro atoms. The van der Waals surface area contributed by atoms with Crippen LogP contribution in [0.5, 0.6) is 0 Å². The number of carboxylic acids is 1. The van der Waals surface area contributed by atoms with Gasteiger partial charge in [-0.25, -0.2) is 4.79 Å². The molecule has 0 bridgehead atoms. The van der Waals surface area contributed by atoms with Crippen molar-refractivity contribution < 1.29 is 19.4 Å². The molecule has 1 aromatic heterocycles. The average molecular weight is 381 g/mol. The molecule has 2 aliphatic rings. The molecule has 20 heavy (non-hydrogen) atoms. The molecule has 0 aromatic carbocycles. The van der Waals surface area contributed by atoms with E-state index in [2.05, 4.69) is 15.9 Å². The van der Waals surface area contributed by atoms with Gasteiger partial charge in [0.2, 0.25) is 5.91 Å². The minimum Gasteiger partial charge on any atom is -0.479 e. The number of carbonyl (C=O) groups is 2. The van der Waals surface area contributed by atoms with Crippen LogP contribution in [0.3, 0.4) is 0 Å². The van der Waals surface area contributed by atoms with Gasteiger partial charge in [0.25, 0.3) is 0 Å². The van der Waals surface area contributed by atoms with Crippen molar-refractivity contribution in [2.75, 3.05) is 6.61 Å². The molecule has 1 N–H and O–H groups in total. The Bertz CT molecular complexity index is 554. The second-order valence-corrected chi connectivity index (χ2v) is 7.36. The molecule has 8 heteroatoms. The van der Waals surface area contributed by atoms with Crippen molar-refractivity contribution in [2.45, 2.75) is 31.0 Å². The van der Waals surface area contributed by atoms with Gasteiger partial charge in [0.1, 0.15) is 17.0 Å². The largest absolute Gasteiger partial charge is 0.479 e. The van der Waals surface area contributed by atoms with Crippen LogP contribution < -0.4 is 0 Å². The molecular weight excluding hydrogens is 370 g/mol. The van der Waals surface area contributed by atoms with Crippen molar-refractivity contribution in [3.05, 3.63) is 19.8 Å². The molecule has 1 aromatic rings. The molecule has 2 heterocycles. The summed E-state index contributed by atoms with van der Waals surface area (Å²) in [7, 11) is 0. The zero-order valence-electron chi connectivity index (χ0n) is 10.2. The van der Waals surface area contributed by atoms with Crippen molar-refractivity contribution in [1.29, 1.82) is 0 Å². The van der Waals surface area contributed by atoms with E-state index in [1.54, 1.807) is 11.0 Å². The van der Waals surface area contributed by atoms with Crippen LogP contribution in [-0.2, 0) is 14.3 Å². The van der Waals surface area contributed by atoms with Crippen molar-refractivity contribution in [2.24, 2.45) is 0 Å². The van der Waals surface area contributed by atoms with E-state index in [0.717, 1.165) is 17.7 Å². The highest BCUT2D eigenvalue weighted by molar-refractivity contribution is 9.10. The summed E-state index contributed by atoms with van der Waals surface area (Å²) >= 11 is 10.6. The number of ether oxygens (including phenoxy) is 1. The summed E-state index contributed by atoms with van der Waals surface area (Å²) in [6, 6.07) is 1.29. The SMILES string of the molecule is O=C(O)C1OCC(=O)N(C2CC2)C1c1cc(Br)c(Cl)s1. The standard InChI is InChI=1S/C12H11BrClNO4S/c13-6-3-7(20-11(6)14)9-10(12(17)18)19-4-8(16)15(9)5-1-2-5/h3,5,9-10H,1-2,4H2,(H,17,18). The minimum atomic E-state index is -1.06. The van der Waals surface area contributed by atoms with Gasteiger partial charge in [0.15, 0.2) is 6.10 Å². The number of carboxylic acid groups (broad SMARTS) is 1. The highest BCUT2D eigenvalue weighted by Crippen LogP contribution is 2.44. The lowest BCUT2D eigenvalue weighted by atomic mass is 10.0. The number of halogens is 2. The minimum absolute atomic E-state index is 0.123. The first-order valence-electron chi connectivity index (χ1n) is 6.09. The predicted octanol–water partition coefficient (Wildman–Crippen LogP) is 2.68. The molecule has 1 amide bonds. The van der Waals surface area contributed by atoms with Crippen molar-refractivity contribution in [3.8, 4) is 0 Å². The van der Waals surface area contributed by atoms with E-state index in [9.17, 15) is 14.7 Å². The van der Waals surface area contributed by atoms with Gasteiger partial charge in [0.05, 0.1) is 0 Å². The fraction of sp³-hybridized carbons (Fsp3) is 0.500. The Morgan fingerprint density at radius 2 is 2.25 bits per heavy atom. The molecule has 108 valence electrons. The Kier molecular flexibility index (Phi) is 3.79. The quantitative estimate of drug-likeness (QED) is 0.875. The maximum atomic E-state index is 12.1. The number of amides is 1. The highest BCUT2D eigenvalue weighted by Gasteiger charge is 2.48. The summed E-state index contributed by atoms with van der Waals surface area (Å²) in [5, 5.41) is 9.35. The molecule has 3 rings (SSSR count). The molecule has 1 saturated heterocycles. The zero-order valence-corrected chi connectivity index (χ0v) is 13.4. The van der Waals surface area contributed by atoms with Crippen LogP contribution in [0, 0.1) is 0 Å². The third kappa shape index (κ3) is 2.47. The van der Waals surface area contributed by atoms with E-state index in [-0.39, 0.29) is 18.6 Å². The molecule has 1 saturated carbocycles. The van der Waals surface area contributed by atoms with Gasteiger partial charge >= 0.3 is 5.97 Å². The van der Waals surface area contributed by atoms with E-state index in [4.69, 9.17) is 16.3 Å². The smallest absolute Gasteiger partial charge is 0.335 e. The molecule has 2 atom stereocenters. The van der Waals surface area contributed by atoms with Crippen LogP contribution in [0.2, 0.25) is 4.34 Å². The summed E-state index contributed by atoms with van der Waals surface area (Å²) < 4.78 is 6.48. The van der Waals surface area contributed by atoms with Crippen LogP contribution in [0.25, 0.3) is 0 Å². The third-order valence-electron chi connectivity index (χ3n) is 3.40. The Morgan fingerprint density at radius 1 is 1.55 bits per heavy atom. The van der Waals surface area contributed by atoms with E-state index in [0.29, 0.717) is 8.81 Å². The number of hydrogen-bond donors (Lipinski definition) is 1. The number of hydrogen-bond acceptors (Lipinski definition) is 4. The number of rotatable bonds is 3. The van der Waals surface area contributed by atoms with Crippen LogP contribution in [0.15, 0.2) is 10.5 Å². The van der Waals surface area contributed by atoms with Crippen LogP contribution in [-0.4, -0.2) is 40.6 Å². The van der Waals surface area contributed by atoms with Gasteiger partial charge in [-0.05, 0) is 34.8 Å². The summed E-state index contributed by atoms with van der Waals surface area (Å²) in [6.07, 6.45) is 0.777. The molecule has 5 nitrogen and oxygen atoms in total. The van der Waals surface area contributed by atoms with Gasteiger partial charge in [-0.1, -0.05) is 11.6 Å². The zero-order chi connectivity index (χ0) is 14.4. The Balaban J connectivity index is 2.02. The molecular formula is C12H11BrClNO4S. The fourth-order valence-electron chi connectivity index (χ4n) is 2.41. The molecule has 1 aliphatic heterocycles. The number of thiophene rings is 1. The highest BCUT2D eigenvalue weighted by atomic mass is 79.9. The lowest BCUT2D eigenvalue weighted by Crippen LogP contribution is -2.52. The van der Waals surface area contributed by atoms with Gasteiger partial charge in [0, 0.05) is 15.4 Å². The first-order valence-corrected chi connectivity index (χ1v) is 8.08. The molecule has 0 radical (unpaired) electrons. The summed E-state index contributed by atoms with van der Waals surface area (Å²) in [4.78, 5) is 25.9. The first kappa shape index (κ1) is 14.3. The monoisotopic (exact) mass is 379 g/mol. The fourth-order valence-corrected chi connectivity index (χ4v) is 4.27. The normalized spacial score (nSPS) is 26.9. The van der Waals surface area contributed by atoms with Crippen molar-refractivity contribution in [3.63, 3.8) is 0 Å². The second-order valence-electron chi connectivity index (χ2n) is 4.82. The van der Waals surface area contributed by atoms with Gasteiger partial charge in [-0.2, -0.15) is 0 Å². The average Bonchev–Trinajstić information content (AvgIpc) is 3.16. The van der Waals surface area contributed by atoms with E-state index >= 15 is 0 Å². The van der Waals surface area contributed by atoms with Crippen molar-refractivity contribution >= 4 is 50.7 Å². The molecule has 1 aliphatic carbocycles. The van der Waals surface area contributed by atoms with E-state index < -0.39 is 18.1 Å². The second kappa shape index (κ2) is 5.29. The lowest BCUT2D eigenvalue weighted by Gasteiger charge is -2.38. The topological polar surface area (TPSA) is 66.8 Å². The van der Waals surface area contributed by atoms with Crippen LogP contribution in [0.1, 0.15) is 23.8 Å². The Labute approximate surface area is 132 Å². The summed E-state index contributed by atoms with van der Waals surface area (Å²) in [5.41, 5.74) is 0. The maximum absolute atomic E-state index is 12.1. The molecule has 2 fully saturated rings. The number of carbonyl (C=O) groups excluding carboxylic acids is 1. The number of morpholine rings is 1.